The number of hydrogen-bond acceptors (Lipinski definition) is 4. The van der Waals surface area contributed by atoms with E-state index in [1.807, 2.05) is 26.1 Å². The average molecular weight is 394 g/mol. The Balaban J connectivity index is 1.68. The number of ketones is 1. The summed E-state index contributed by atoms with van der Waals surface area (Å²) in [6.07, 6.45) is 2.67. The van der Waals surface area contributed by atoms with E-state index in [0.29, 0.717) is 25.1 Å². The topological polar surface area (TPSA) is 57.7 Å². The lowest BCUT2D eigenvalue weighted by molar-refractivity contribution is -0.115. The molecule has 2 atom stereocenters. The molecule has 1 aliphatic carbocycles. The summed E-state index contributed by atoms with van der Waals surface area (Å²) in [5.41, 5.74) is 3.41. The van der Waals surface area contributed by atoms with Gasteiger partial charge in [-0.25, -0.2) is 8.42 Å². The molecule has 0 amide bonds. The van der Waals surface area contributed by atoms with Gasteiger partial charge < -0.3 is 4.90 Å². The fourth-order valence-corrected chi connectivity index (χ4v) is 6.74. The summed E-state index contributed by atoms with van der Waals surface area (Å²) in [5.74, 6) is -0.0127. The quantitative estimate of drug-likeness (QED) is 0.786. The van der Waals surface area contributed by atoms with Crippen molar-refractivity contribution in [3.8, 4) is 0 Å². The highest BCUT2D eigenvalue weighted by atomic mass is 32.2. The van der Waals surface area contributed by atoms with Crippen LogP contribution in [0.25, 0.3) is 0 Å². The predicted molar refractivity (Wildman–Crippen MR) is 108 cm³/mol. The van der Waals surface area contributed by atoms with Gasteiger partial charge in [0.05, 0.1) is 16.4 Å². The molecule has 2 aliphatic heterocycles. The number of hydrogen-bond donors (Lipinski definition) is 0. The maximum absolute atomic E-state index is 13.4. The van der Waals surface area contributed by atoms with E-state index >= 15 is 0 Å². The van der Waals surface area contributed by atoms with Crippen molar-refractivity contribution in [3.05, 3.63) is 71.4 Å². The van der Waals surface area contributed by atoms with Crippen LogP contribution in [0.4, 0.5) is 5.69 Å². The number of fused-ring (bicyclic) bond motifs is 1. The number of likely N-dealkylation sites (N-methyl/N-ethyl adjacent to an activating group) is 1. The molecule has 5 rings (SSSR count). The van der Waals surface area contributed by atoms with E-state index < -0.39 is 15.4 Å². The molecule has 2 aromatic carbocycles. The molecule has 1 spiro atoms. The van der Waals surface area contributed by atoms with Crippen molar-refractivity contribution in [1.29, 1.82) is 0 Å². The molecule has 0 N–H and O–H groups in total. The Labute approximate surface area is 165 Å². The molecule has 1 fully saturated rings. The fourth-order valence-electron chi connectivity index (χ4n) is 5.20. The van der Waals surface area contributed by atoms with Gasteiger partial charge in [0, 0.05) is 37.5 Å². The van der Waals surface area contributed by atoms with E-state index in [-0.39, 0.29) is 16.7 Å². The van der Waals surface area contributed by atoms with Crippen LogP contribution in [0, 0.1) is 6.92 Å². The van der Waals surface area contributed by atoms with Gasteiger partial charge >= 0.3 is 0 Å². The fraction of sp³-hybridized carbons (Fsp3) is 0.318. The molecule has 1 saturated heterocycles. The normalized spacial score (nSPS) is 26.0. The van der Waals surface area contributed by atoms with Gasteiger partial charge in [0.2, 0.25) is 0 Å². The highest BCUT2D eigenvalue weighted by Crippen LogP contribution is 2.58. The second-order valence-electron chi connectivity index (χ2n) is 7.96. The number of sulfonamides is 1. The van der Waals surface area contributed by atoms with Crippen molar-refractivity contribution in [3.63, 3.8) is 0 Å². The van der Waals surface area contributed by atoms with Gasteiger partial charge in [0.15, 0.2) is 5.78 Å². The molecule has 2 aromatic rings. The van der Waals surface area contributed by atoms with Gasteiger partial charge in [-0.2, -0.15) is 0 Å². The Morgan fingerprint density at radius 3 is 2.54 bits per heavy atom. The van der Waals surface area contributed by atoms with E-state index in [4.69, 9.17) is 0 Å². The van der Waals surface area contributed by atoms with E-state index in [1.165, 1.54) is 4.31 Å². The van der Waals surface area contributed by atoms with Gasteiger partial charge in [-0.05, 0) is 37.1 Å². The summed E-state index contributed by atoms with van der Waals surface area (Å²) >= 11 is 0. The smallest absolute Gasteiger partial charge is 0.264 e. The Bertz CT molecular complexity index is 1120. The third-order valence-corrected chi connectivity index (χ3v) is 8.36. The van der Waals surface area contributed by atoms with Crippen LogP contribution in [-0.4, -0.2) is 38.1 Å². The van der Waals surface area contributed by atoms with E-state index in [0.717, 1.165) is 16.8 Å². The summed E-state index contributed by atoms with van der Waals surface area (Å²) in [4.78, 5) is 15.0. The predicted octanol–water partition coefficient (Wildman–Crippen LogP) is 3.00. The molecule has 0 bridgehead atoms. The largest absolute Gasteiger partial charge is 0.370 e. The lowest BCUT2D eigenvalue weighted by Gasteiger charge is -2.39. The molecule has 28 heavy (non-hydrogen) atoms. The van der Waals surface area contributed by atoms with E-state index in [2.05, 4.69) is 17.0 Å². The number of rotatable bonds is 2. The molecule has 0 unspecified atom stereocenters. The van der Waals surface area contributed by atoms with E-state index in [9.17, 15) is 13.2 Å². The first-order valence-corrected chi connectivity index (χ1v) is 11.0. The first-order chi connectivity index (χ1) is 13.4. The van der Waals surface area contributed by atoms with E-state index in [1.54, 1.807) is 30.3 Å². The molecule has 3 aliphatic rings. The molecule has 144 valence electrons. The maximum atomic E-state index is 13.4. The van der Waals surface area contributed by atoms with Crippen molar-refractivity contribution in [2.45, 2.75) is 36.1 Å². The number of carbonyl (C=O) groups excluding carboxylic acids is 1. The number of para-hydroxylation sites is 1. The first kappa shape index (κ1) is 17.5. The standard InChI is InChI=1S/C22H22N2O3S/c1-15-7-9-17(10-8-15)28(26,27)24-12-11-22-18-5-3-4-6-19(18)23(2)20(22)13-16(25)14-21(22)24/h3-10,14,20H,11-13H2,1-2H3/t20-,22-/m1/s1. The highest BCUT2D eigenvalue weighted by molar-refractivity contribution is 7.89. The zero-order chi connectivity index (χ0) is 19.7. The minimum Gasteiger partial charge on any atom is -0.370 e. The van der Waals surface area contributed by atoms with Crippen molar-refractivity contribution < 1.29 is 13.2 Å². The summed E-state index contributed by atoms with van der Waals surface area (Å²) in [7, 11) is -1.71. The van der Waals surface area contributed by atoms with Crippen LogP contribution in [0.3, 0.4) is 0 Å². The molecule has 0 radical (unpaired) electrons. The average Bonchev–Trinajstić information content (AvgIpc) is 3.18. The van der Waals surface area contributed by atoms with Gasteiger partial charge in [0.25, 0.3) is 10.0 Å². The van der Waals surface area contributed by atoms with Crippen molar-refractivity contribution in [2.24, 2.45) is 0 Å². The zero-order valence-electron chi connectivity index (χ0n) is 15.9. The highest BCUT2D eigenvalue weighted by Gasteiger charge is 2.60. The number of benzene rings is 2. The van der Waals surface area contributed by atoms with Crippen LogP contribution >= 0.6 is 0 Å². The first-order valence-electron chi connectivity index (χ1n) is 9.52. The van der Waals surface area contributed by atoms with Crippen LogP contribution in [0.15, 0.2) is 65.2 Å². The lowest BCUT2D eigenvalue weighted by atomic mass is 9.69. The van der Waals surface area contributed by atoms with Crippen LogP contribution in [0.1, 0.15) is 24.0 Å². The summed E-state index contributed by atoms with van der Waals surface area (Å²) in [6, 6.07) is 15.0. The van der Waals surface area contributed by atoms with Gasteiger partial charge in [0.1, 0.15) is 0 Å². The van der Waals surface area contributed by atoms with Crippen LogP contribution in [-0.2, 0) is 20.2 Å². The summed E-state index contributed by atoms with van der Waals surface area (Å²) in [6.45, 7) is 2.31. The van der Waals surface area contributed by atoms with Gasteiger partial charge in [-0.1, -0.05) is 35.9 Å². The maximum Gasteiger partial charge on any atom is 0.264 e. The zero-order valence-corrected chi connectivity index (χ0v) is 16.7. The van der Waals surface area contributed by atoms with Crippen LogP contribution in [0.5, 0.6) is 0 Å². The summed E-state index contributed by atoms with van der Waals surface area (Å²) < 4.78 is 28.4. The molecular formula is C22H22N2O3S. The SMILES string of the molecule is Cc1ccc(S(=O)(=O)N2CC[C@]34C2=CC(=O)C[C@H]3N(C)c2ccccc24)cc1. The second kappa shape index (κ2) is 5.70. The Hall–Kier alpha value is -2.60. The van der Waals surface area contributed by atoms with Gasteiger partial charge in [-0.15, -0.1) is 0 Å². The number of aryl methyl sites for hydroxylation is 1. The third-order valence-electron chi connectivity index (χ3n) is 6.54. The number of nitrogens with zero attached hydrogens (tertiary/aromatic N) is 2. The number of anilines is 1. The molecule has 0 aromatic heterocycles. The van der Waals surface area contributed by atoms with Crippen LogP contribution in [0.2, 0.25) is 0 Å². The van der Waals surface area contributed by atoms with Crippen molar-refractivity contribution in [1.82, 2.24) is 4.31 Å². The molecule has 5 nitrogen and oxygen atoms in total. The Kier molecular flexibility index (Phi) is 3.56. The Morgan fingerprint density at radius 2 is 1.79 bits per heavy atom. The molecule has 0 saturated carbocycles. The Morgan fingerprint density at radius 1 is 1.07 bits per heavy atom. The van der Waals surface area contributed by atoms with Crippen molar-refractivity contribution in [2.75, 3.05) is 18.5 Å². The minimum absolute atomic E-state index is 0.0127. The monoisotopic (exact) mass is 394 g/mol. The van der Waals surface area contributed by atoms with Crippen LogP contribution < -0.4 is 4.90 Å². The summed E-state index contributed by atoms with van der Waals surface area (Å²) in [5, 5.41) is 0. The minimum atomic E-state index is -3.72. The molecule has 6 heteroatoms. The van der Waals surface area contributed by atoms with Crippen molar-refractivity contribution >= 4 is 21.5 Å². The molecular weight excluding hydrogens is 372 g/mol. The van der Waals surface area contributed by atoms with Gasteiger partial charge in [-0.3, -0.25) is 9.10 Å². The third kappa shape index (κ3) is 2.12. The lowest BCUT2D eigenvalue weighted by Crippen LogP contribution is -2.48. The molecule has 2 heterocycles. The number of allylic oxidation sites excluding steroid dienone is 1. The number of carbonyl (C=O) groups is 1. The second-order valence-corrected chi connectivity index (χ2v) is 9.82.